The van der Waals surface area contributed by atoms with Crippen molar-refractivity contribution in [1.29, 1.82) is 0 Å². The van der Waals surface area contributed by atoms with Gasteiger partial charge in [0.1, 0.15) is 6.04 Å². The quantitative estimate of drug-likeness (QED) is 0.496. The standard InChI is InChI=1S/C23H27Cl3N2O2/c1-4-15(3)27-23(30)21(5-2)28(14-17-8-11-19(25)13-20(17)26)22(29)12-16-6-9-18(24)10-7-16/h6-11,13,15,21H,4-5,12,14H2,1-3H3,(H,27,30)/t15-,21+/m0/s1. The van der Waals surface area contributed by atoms with Crippen LogP contribution < -0.4 is 5.32 Å². The Morgan fingerprint density at radius 1 is 0.967 bits per heavy atom. The van der Waals surface area contributed by atoms with Gasteiger partial charge in [-0.15, -0.1) is 0 Å². The molecule has 0 unspecified atom stereocenters. The molecule has 2 aromatic carbocycles. The van der Waals surface area contributed by atoms with Crippen LogP contribution in [0.15, 0.2) is 42.5 Å². The lowest BCUT2D eigenvalue weighted by molar-refractivity contribution is -0.141. The second-order valence-corrected chi connectivity index (χ2v) is 8.58. The smallest absolute Gasteiger partial charge is 0.243 e. The number of nitrogens with zero attached hydrogens (tertiary/aromatic N) is 1. The lowest BCUT2D eigenvalue weighted by atomic mass is 10.1. The third-order valence-electron chi connectivity index (χ3n) is 5.01. The molecule has 1 N–H and O–H groups in total. The Morgan fingerprint density at radius 3 is 2.17 bits per heavy atom. The average Bonchev–Trinajstić information content (AvgIpc) is 2.70. The molecule has 0 aliphatic rings. The molecule has 7 heteroatoms. The molecule has 4 nitrogen and oxygen atoms in total. The minimum atomic E-state index is -0.606. The van der Waals surface area contributed by atoms with Crippen LogP contribution in [0.2, 0.25) is 15.1 Å². The van der Waals surface area contributed by atoms with Gasteiger partial charge in [0, 0.05) is 27.7 Å². The van der Waals surface area contributed by atoms with Gasteiger partial charge in [-0.05, 0) is 55.2 Å². The van der Waals surface area contributed by atoms with Gasteiger partial charge in [-0.3, -0.25) is 9.59 Å². The Morgan fingerprint density at radius 2 is 1.60 bits per heavy atom. The van der Waals surface area contributed by atoms with Crippen molar-refractivity contribution in [1.82, 2.24) is 10.2 Å². The first kappa shape index (κ1) is 24.5. The van der Waals surface area contributed by atoms with Crippen LogP contribution >= 0.6 is 34.8 Å². The van der Waals surface area contributed by atoms with Crippen molar-refractivity contribution in [2.75, 3.05) is 0 Å². The van der Waals surface area contributed by atoms with E-state index in [2.05, 4.69) is 5.32 Å². The zero-order valence-electron chi connectivity index (χ0n) is 17.4. The van der Waals surface area contributed by atoms with Crippen LogP contribution in [0, 0.1) is 0 Å². The number of amides is 2. The van der Waals surface area contributed by atoms with E-state index in [-0.39, 0.29) is 30.8 Å². The summed E-state index contributed by atoms with van der Waals surface area (Å²) in [5, 5.41) is 4.58. The molecule has 0 aliphatic heterocycles. The minimum Gasteiger partial charge on any atom is -0.352 e. The van der Waals surface area contributed by atoms with Crippen LogP contribution in [0.5, 0.6) is 0 Å². The summed E-state index contributed by atoms with van der Waals surface area (Å²) in [6.45, 7) is 6.06. The van der Waals surface area contributed by atoms with Gasteiger partial charge in [-0.25, -0.2) is 0 Å². The molecule has 0 radical (unpaired) electrons. The van der Waals surface area contributed by atoms with Gasteiger partial charge in [0.05, 0.1) is 6.42 Å². The van der Waals surface area contributed by atoms with Crippen LogP contribution in [0.4, 0.5) is 0 Å². The molecular formula is C23H27Cl3N2O2. The molecule has 0 aliphatic carbocycles. The zero-order valence-corrected chi connectivity index (χ0v) is 19.7. The van der Waals surface area contributed by atoms with Crippen molar-refractivity contribution in [2.45, 2.75) is 58.7 Å². The highest BCUT2D eigenvalue weighted by Crippen LogP contribution is 2.24. The zero-order chi connectivity index (χ0) is 22.3. The largest absolute Gasteiger partial charge is 0.352 e. The van der Waals surface area contributed by atoms with Gasteiger partial charge in [0.2, 0.25) is 11.8 Å². The average molecular weight is 470 g/mol. The number of rotatable bonds is 9. The Balaban J connectivity index is 2.32. The lowest BCUT2D eigenvalue weighted by Gasteiger charge is -2.32. The topological polar surface area (TPSA) is 49.4 Å². The molecule has 2 atom stereocenters. The third-order valence-corrected chi connectivity index (χ3v) is 5.85. The van der Waals surface area contributed by atoms with Crippen LogP contribution in [0.1, 0.15) is 44.7 Å². The summed E-state index contributed by atoms with van der Waals surface area (Å²) in [7, 11) is 0. The Hall–Kier alpha value is -1.75. The first-order valence-electron chi connectivity index (χ1n) is 10.0. The van der Waals surface area contributed by atoms with E-state index in [1.807, 2.05) is 32.9 Å². The van der Waals surface area contributed by atoms with Crippen molar-refractivity contribution in [3.8, 4) is 0 Å². The highest BCUT2D eigenvalue weighted by atomic mass is 35.5. The number of benzene rings is 2. The summed E-state index contributed by atoms with van der Waals surface area (Å²) in [6.07, 6.45) is 1.46. The molecule has 0 heterocycles. The molecular weight excluding hydrogens is 443 g/mol. The van der Waals surface area contributed by atoms with Crippen molar-refractivity contribution in [2.24, 2.45) is 0 Å². The number of hydrogen-bond donors (Lipinski definition) is 1. The second kappa shape index (κ2) is 11.6. The van der Waals surface area contributed by atoms with Crippen LogP contribution in [-0.2, 0) is 22.6 Å². The lowest BCUT2D eigenvalue weighted by Crippen LogP contribution is -2.51. The van der Waals surface area contributed by atoms with E-state index in [1.165, 1.54) is 0 Å². The van der Waals surface area contributed by atoms with Gasteiger partial charge >= 0.3 is 0 Å². The number of nitrogens with one attached hydrogen (secondary N) is 1. The summed E-state index contributed by atoms with van der Waals surface area (Å²) in [5.74, 6) is -0.323. The Labute approximate surface area is 193 Å². The first-order chi connectivity index (χ1) is 14.2. The number of carbonyl (C=O) groups excluding carboxylic acids is 2. The van der Waals surface area contributed by atoms with E-state index in [9.17, 15) is 9.59 Å². The van der Waals surface area contributed by atoms with Crippen LogP contribution in [-0.4, -0.2) is 28.8 Å². The normalized spacial score (nSPS) is 12.9. The van der Waals surface area contributed by atoms with Gasteiger partial charge in [-0.2, -0.15) is 0 Å². The maximum absolute atomic E-state index is 13.3. The van der Waals surface area contributed by atoms with E-state index in [4.69, 9.17) is 34.8 Å². The maximum Gasteiger partial charge on any atom is 0.243 e. The van der Waals surface area contributed by atoms with Gasteiger partial charge < -0.3 is 10.2 Å². The van der Waals surface area contributed by atoms with E-state index < -0.39 is 6.04 Å². The molecule has 2 amide bonds. The second-order valence-electron chi connectivity index (χ2n) is 7.30. The third kappa shape index (κ3) is 6.90. The minimum absolute atomic E-state index is 0.0267. The molecule has 0 saturated heterocycles. The van der Waals surface area contributed by atoms with Crippen LogP contribution in [0.3, 0.4) is 0 Å². The number of halogens is 3. The molecule has 162 valence electrons. The van der Waals surface area contributed by atoms with E-state index in [0.29, 0.717) is 21.5 Å². The van der Waals surface area contributed by atoms with Crippen molar-refractivity contribution >= 4 is 46.6 Å². The van der Waals surface area contributed by atoms with Gasteiger partial charge in [0.25, 0.3) is 0 Å². The fourth-order valence-corrected chi connectivity index (χ4v) is 3.67. The van der Waals surface area contributed by atoms with Crippen molar-refractivity contribution in [3.63, 3.8) is 0 Å². The van der Waals surface area contributed by atoms with E-state index >= 15 is 0 Å². The van der Waals surface area contributed by atoms with E-state index in [1.54, 1.807) is 35.2 Å². The molecule has 0 fully saturated rings. The molecule has 0 spiro atoms. The Kier molecular flexibility index (Phi) is 9.47. The summed E-state index contributed by atoms with van der Waals surface area (Å²) in [4.78, 5) is 27.8. The summed E-state index contributed by atoms with van der Waals surface area (Å²) >= 11 is 18.3. The Bertz CT molecular complexity index is 871. The van der Waals surface area contributed by atoms with Gasteiger partial charge in [0.15, 0.2) is 0 Å². The molecule has 0 saturated carbocycles. The molecule has 2 aromatic rings. The van der Waals surface area contributed by atoms with E-state index in [0.717, 1.165) is 17.5 Å². The molecule has 0 bridgehead atoms. The van der Waals surface area contributed by atoms with Crippen molar-refractivity contribution < 1.29 is 9.59 Å². The highest BCUT2D eigenvalue weighted by Gasteiger charge is 2.29. The SMILES string of the molecule is CC[C@H](C(=O)N[C@@H](C)CC)N(Cc1ccc(Cl)cc1Cl)C(=O)Cc1ccc(Cl)cc1. The molecule has 30 heavy (non-hydrogen) atoms. The monoisotopic (exact) mass is 468 g/mol. The highest BCUT2D eigenvalue weighted by molar-refractivity contribution is 6.35. The number of hydrogen-bond acceptors (Lipinski definition) is 2. The summed E-state index contributed by atoms with van der Waals surface area (Å²) in [5.41, 5.74) is 1.56. The maximum atomic E-state index is 13.3. The first-order valence-corrected chi connectivity index (χ1v) is 11.2. The summed E-state index contributed by atoms with van der Waals surface area (Å²) < 4.78 is 0. The molecule has 0 aromatic heterocycles. The predicted molar refractivity (Wildman–Crippen MR) is 124 cm³/mol. The van der Waals surface area contributed by atoms with Crippen LogP contribution in [0.25, 0.3) is 0 Å². The molecule has 2 rings (SSSR count). The predicted octanol–water partition coefficient (Wildman–Crippen LogP) is 5.91. The van der Waals surface area contributed by atoms with Crippen molar-refractivity contribution in [3.05, 3.63) is 68.7 Å². The summed E-state index contributed by atoms with van der Waals surface area (Å²) in [6, 6.07) is 11.7. The fraction of sp³-hybridized carbons (Fsp3) is 0.391. The van der Waals surface area contributed by atoms with Gasteiger partial charge in [-0.1, -0.05) is 66.8 Å². The number of carbonyl (C=O) groups is 2. The fourth-order valence-electron chi connectivity index (χ4n) is 3.07.